The first-order valence-corrected chi connectivity index (χ1v) is 9.50. The first kappa shape index (κ1) is 18.7. The fourth-order valence-electron chi connectivity index (χ4n) is 2.67. The molecule has 0 spiro atoms. The molecule has 6 heteroatoms. The van der Waals surface area contributed by atoms with Crippen LogP contribution in [0.25, 0.3) is 0 Å². The van der Waals surface area contributed by atoms with Gasteiger partial charge in [-0.15, -0.1) is 0 Å². The molecule has 1 amide bonds. The summed E-state index contributed by atoms with van der Waals surface area (Å²) < 4.78 is 2.98. The van der Waals surface area contributed by atoms with E-state index < -0.39 is 0 Å². The SMILES string of the molecule is O=C(Cc1ccc(Cl)cc1)N(CCn1ccnc1)Cc1ccccc1Br. The fraction of sp³-hybridized carbons (Fsp3) is 0.200. The van der Waals surface area contributed by atoms with Crippen molar-refractivity contribution in [3.8, 4) is 0 Å². The molecule has 0 atom stereocenters. The van der Waals surface area contributed by atoms with E-state index in [0.717, 1.165) is 15.6 Å². The lowest BCUT2D eigenvalue weighted by Gasteiger charge is -2.24. The zero-order chi connectivity index (χ0) is 18.4. The number of amides is 1. The molecule has 0 aliphatic carbocycles. The predicted molar refractivity (Wildman–Crippen MR) is 107 cm³/mol. The molecule has 3 rings (SSSR count). The second kappa shape index (κ2) is 9.01. The van der Waals surface area contributed by atoms with E-state index in [0.29, 0.717) is 31.1 Å². The number of halogens is 2. The fourth-order valence-corrected chi connectivity index (χ4v) is 3.20. The summed E-state index contributed by atoms with van der Waals surface area (Å²) in [5.74, 6) is 0.0863. The number of carbonyl (C=O) groups excluding carboxylic acids is 1. The Hall–Kier alpha value is -2.11. The van der Waals surface area contributed by atoms with Crippen LogP contribution in [0.1, 0.15) is 11.1 Å². The highest BCUT2D eigenvalue weighted by Crippen LogP contribution is 2.19. The second-order valence-corrected chi connectivity index (χ2v) is 7.30. The van der Waals surface area contributed by atoms with Gasteiger partial charge in [-0.25, -0.2) is 4.98 Å². The number of hydrogen-bond acceptors (Lipinski definition) is 2. The van der Waals surface area contributed by atoms with Crippen molar-refractivity contribution in [3.63, 3.8) is 0 Å². The Morgan fingerprint density at radius 2 is 1.92 bits per heavy atom. The number of carbonyl (C=O) groups is 1. The molecule has 4 nitrogen and oxygen atoms in total. The molecule has 0 N–H and O–H groups in total. The number of hydrogen-bond donors (Lipinski definition) is 0. The van der Waals surface area contributed by atoms with Gasteiger partial charge < -0.3 is 9.47 Å². The van der Waals surface area contributed by atoms with Gasteiger partial charge in [0.1, 0.15) is 0 Å². The Morgan fingerprint density at radius 3 is 2.62 bits per heavy atom. The molecule has 26 heavy (non-hydrogen) atoms. The van der Waals surface area contributed by atoms with Crippen LogP contribution in [0.4, 0.5) is 0 Å². The number of nitrogens with zero attached hydrogens (tertiary/aromatic N) is 3. The van der Waals surface area contributed by atoms with E-state index in [9.17, 15) is 4.79 Å². The average molecular weight is 433 g/mol. The maximum atomic E-state index is 12.9. The normalized spacial score (nSPS) is 10.7. The average Bonchev–Trinajstić information content (AvgIpc) is 3.15. The molecule has 2 aromatic carbocycles. The van der Waals surface area contributed by atoms with Gasteiger partial charge in [0, 0.05) is 41.5 Å². The lowest BCUT2D eigenvalue weighted by atomic mass is 10.1. The largest absolute Gasteiger partial charge is 0.336 e. The summed E-state index contributed by atoms with van der Waals surface area (Å²) in [6.07, 6.45) is 5.76. The predicted octanol–water partition coefficient (Wildman–Crippen LogP) is 4.57. The maximum absolute atomic E-state index is 12.9. The molecular formula is C20H19BrClN3O. The van der Waals surface area contributed by atoms with E-state index in [1.807, 2.05) is 64.2 Å². The van der Waals surface area contributed by atoms with Crippen LogP contribution in [0.2, 0.25) is 5.02 Å². The van der Waals surface area contributed by atoms with Gasteiger partial charge in [0.05, 0.1) is 12.7 Å². The van der Waals surface area contributed by atoms with Crippen molar-refractivity contribution >= 4 is 33.4 Å². The first-order valence-electron chi connectivity index (χ1n) is 8.33. The minimum Gasteiger partial charge on any atom is -0.336 e. The van der Waals surface area contributed by atoms with Gasteiger partial charge in [0.15, 0.2) is 0 Å². The first-order chi connectivity index (χ1) is 12.6. The van der Waals surface area contributed by atoms with Crippen LogP contribution in [0.15, 0.2) is 71.7 Å². The quantitative estimate of drug-likeness (QED) is 0.548. The maximum Gasteiger partial charge on any atom is 0.227 e. The third-order valence-electron chi connectivity index (χ3n) is 4.13. The molecule has 1 aromatic heterocycles. The van der Waals surface area contributed by atoms with Gasteiger partial charge >= 0.3 is 0 Å². The molecule has 0 unspecified atom stereocenters. The van der Waals surface area contributed by atoms with Crippen LogP contribution < -0.4 is 0 Å². The molecule has 0 saturated heterocycles. The Balaban J connectivity index is 1.73. The van der Waals surface area contributed by atoms with Crippen molar-refractivity contribution in [2.75, 3.05) is 6.54 Å². The molecule has 1 heterocycles. The third kappa shape index (κ3) is 5.19. The summed E-state index contributed by atoms with van der Waals surface area (Å²) >= 11 is 9.50. The van der Waals surface area contributed by atoms with E-state index in [1.165, 1.54) is 0 Å². The Bertz CT molecular complexity index is 850. The molecule has 0 aliphatic rings. The summed E-state index contributed by atoms with van der Waals surface area (Å²) in [7, 11) is 0. The summed E-state index contributed by atoms with van der Waals surface area (Å²) in [6.45, 7) is 1.88. The Kier molecular flexibility index (Phi) is 6.47. The van der Waals surface area contributed by atoms with Gasteiger partial charge in [-0.3, -0.25) is 4.79 Å². The molecule has 134 valence electrons. The number of aromatic nitrogens is 2. The minimum absolute atomic E-state index is 0.0863. The highest BCUT2D eigenvalue weighted by atomic mass is 79.9. The Morgan fingerprint density at radius 1 is 1.15 bits per heavy atom. The van der Waals surface area contributed by atoms with Gasteiger partial charge in [-0.1, -0.05) is 57.9 Å². The van der Waals surface area contributed by atoms with Crippen molar-refractivity contribution < 1.29 is 4.79 Å². The summed E-state index contributed by atoms with van der Waals surface area (Å²) in [4.78, 5) is 18.9. The smallest absolute Gasteiger partial charge is 0.227 e. The van der Waals surface area contributed by atoms with Crippen molar-refractivity contribution in [2.45, 2.75) is 19.5 Å². The molecule has 0 radical (unpaired) electrons. The lowest BCUT2D eigenvalue weighted by molar-refractivity contribution is -0.131. The zero-order valence-electron chi connectivity index (χ0n) is 14.2. The van der Waals surface area contributed by atoms with Crippen molar-refractivity contribution in [1.82, 2.24) is 14.5 Å². The van der Waals surface area contributed by atoms with Gasteiger partial charge in [0.2, 0.25) is 5.91 Å². The van der Waals surface area contributed by atoms with Crippen LogP contribution in [-0.4, -0.2) is 26.9 Å². The number of rotatable bonds is 7. The summed E-state index contributed by atoms with van der Waals surface area (Å²) in [6, 6.07) is 15.4. The molecule has 0 fully saturated rings. The molecule has 0 saturated carbocycles. The van der Waals surface area contributed by atoms with Crippen LogP contribution >= 0.6 is 27.5 Å². The van der Waals surface area contributed by atoms with Gasteiger partial charge in [0.25, 0.3) is 0 Å². The summed E-state index contributed by atoms with van der Waals surface area (Å²) in [5, 5.41) is 0.673. The van der Waals surface area contributed by atoms with Crippen molar-refractivity contribution in [3.05, 3.63) is 87.9 Å². The lowest BCUT2D eigenvalue weighted by Crippen LogP contribution is -2.34. The van der Waals surface area contributed by atoms with E-state index in [4.69, 9.17) is 11.6 Å². The van der Waals surface area contributed by atoms with Crippen LogP contribution in [0.3, 0.4) is 0 Å². The monoisotopic (exact) mass is 431 g/mol. The summed E-state index contributed by atoms with van der Waals surface area (Å²) in [5.41, 5.74) is 2.04. The third-order valence-corrected chi connectivity index (χ3v) is 5.15. The van der Waals surface area contributed by atoms with Gasteiger partial charge in [-0.05, 0) is 29.3 Å². The highest BCUT2D eigenvalue weighted by molar-refractivity contribution is 9.10. The molecule has 0 bridgehead atoms. The Labute approximate surface area is 166 Å². The standard InChI is InChI=1S/C20H19BrClN3O/c21-19-4-2-1-3-17(19)14-25(12-11-24-10-9-23-15-24)20(26)13-16-5-7-18(22)8-6-16/h1-10,15H,11-14H2. The van der Waals surface area contributed by atoms with E-state index in [-0.39, 0.29) is 5.91 Å². The minimum atomic E-state index is 0.0863. The van der Waals surface area contributed by atoms with Crippen molar-refractivity contribution in [2.24, 2.45) is 0 Å². The molecule has 3 aromatic rings. The zero-order valence-corrected chi connectivity index (χ0v) is 16.5. The van der Waals surface area contributed by atoms with Crippen LogP contribution in [0, 0.1) is 0 Å². The van der Waals surface area contributed by atoms with E-state index in [1.54, 1.807) is 12.5 Å². The van der Waals surface area contributed by atoms with E-state index in [2.05, 4.69) is 20.9 Å². The number of benzene rings is 2. The van der Waals surface area contributed by atoms with E-state index >= 15 is 0 Å². The topological polar surface area (TPSA) is 38.1 Å². The highest BCUT2D eigenvalue weighted by Gasteiger charge is 2.16. The van der Waals surface area contributed by atoms with Crippen molar-refractivity contribution in [1.29, 1.82) is 0 Å². The van der Waals surface area contributed by atoms with Crippen LogP contribution in [-0.2, 0) is 24.3 Å². The number of imidazole rings is 1. The van der Waals surface area contributed by atoms with Gasteiger partial charge in [-0.2, -0.15) is 0 Å². The second-order valence-electron chi connectivity index (χ2n) is 6.01. The molecule has 0 aliphatic heterocycles. The van der Waals surface area contributed by atoms with Crippen LogP contribution in [0.5, 0.6) is 0 Å². The molecular weight excluding hydrogens is 414 g/mol.